The van der Waals surface area contributed by atoms with Crippen molar-refractivity contribution in [2.24, 2.45) is 5.92 Å². The molecule has 1 saturated heterocycles. The Balaban J connectivity index is 1.54. The number of hydrogen-bond acceptors (Lipinski definition) is 6. The molecule has 1 saturated carbocycles. The van der Waals surface area contributed by atoms with Gasteiger partial charge in [-0.15, -0.1) is 0 Å². The molecule has 2 fully saturated rings. The molecule has 1 aromatic rings. The molecule has 0 unspecified atom stereocenters. The number of piperazine rings is 1. The summed E-state index contributed by atoms with van der Waals surface area (Å²) in [5.74, 6) is 2.87. The minimum atomic E-state index is -0.0792. The van der Waals surface area contributed by atoms with Crippen molar-refractivity contribution >= 4 is 11.7 Å². The van der Waals surface area contributed by atoms with E-state index in [1.54, 1.807) is 14.0 Å². The fourth-order valence-corrected chi connectivity index (χ4v) is 5.08. The fourth-order valence-electron chi connectivity index (χ4n) is 5.08. The van der Waals surface area contributed by atoms with Crippen molar-refractivity contribution in [2.75, 3.05) is 44.8 Å². The number of aromatic nitrogens is 2. The van der Waals surface area contributed by atoms with Crippen LogP contribution in [0.15, 0.2) is 6.07 Å². The van der Waals surface area contributed by atoms with E-state index in [1.165, 1.54) is 25.8 Å². The van der Waals surface area contributed by atoms with Crippen LogP contribution in [0.2, 0.25) is 0 Å². The molecule has 7 heteroatoms. The van der Waals surface area contributed by atoms with Gasteiger partial charge in [0.05, 0.1) is 6.61 Å². The lowest BCUT2D eigenvalue weighted by atomic mass is 9.84. The van der Waals surface area contributed by atoms with Crippen molar-refractivity contribution in [3.63, 3.8) is 0 Å². The van der Waals surface area contributed by atoms with Crippen molar-refractivity contribution in [3.8, 4) is 0 Å². The Labute approximate surface area is 200 Å². The van der Waals surface area contributed by atoms with Crippen LogP contribution in [0, 0.1) is 5.92 Å². The molecule has 3 rings (SSSR count). The number of amides is 1. The van der Waals surface area contributed by atoms with Gasteiger partial charge in [0.1, 0.15) is 11.6 Å². The van der Waals surface area contributed by atoms with Gasteiger partial charge >= 0.3 is 0 Å². The number of nitrogens with one attached hydrogen (secondary N) is 1. The van der Waals surface area contributed by atoms with Crippen LogP contribution in [0.25, 0.3) is 0 Å². The summed E-state index contributed by atoms with van der Waals surface area (Å²) in [4.78, 5) is 26.2. The molecule has 1 aliphatic carbocycles. The SMILES string of the molecule is COCCc1cc(N2CCN(CCC3CCC(NC(C)=O)CC3)[C@@H](C)C2)nc(C(C)(C)C)n1. The first kappa shape index (κ1) is 25.9. The molecule has 1 atom stereocenters. The number of carbonyl (C=O) groups excluding carboxylic acids is 1. The number of carbonyl (C=O) groups is 1. The second kappa shape index (κ2) is 11.6. The van der Waals surface area contributed by atoms with Crippen LogP contribution in [0.1, 0.15) is 78.2 Å². The van der Waals surface area contributed by atoms with E-state index in [1.807, 2.05) is 0 Å². The van der Waals surface area contributed by atoms with Crippen molar-refractivity contribution < 1.29 is 9.53 Å². The van der Waals surface area contributed by atoms with E-state index in [4.69, 9.17) is 14.7 Å². The van der Waals surface area contributed by atoms with Crippen LogP contribution < -0.4 is 10.2 Å². The van der Waals surface area contributed by atoms with Crippen LogP contribution in [-0.2, 0) is 21.4 Å². The minimum Gasteiger partial charge on any atom is -0.384 e. The molecule has 7 nitrogen and oxygen atoms in total. The van der Waals surface area contributed by atoms with Gasteiger partial charge in [-0.3, -0.25) is 9.69 Å². The molecular weight excluding hydrogens is 414 g/mol. The number of methoxy groups -OCH3 is 1. The smallest absolute Gasteiger partial charge is 0.217 e. The highest BCUT2D eigenvalue weighted by Crippen LogP contribution is 2.28. The first-order chi connectivity index (χ1) is 15.7. The van der Waals surface area contributed by atoms with Crippen LogP contribution in [0.4, 0.5) is 5.82 Å². The zero-order chi connectivity index (χ0) is 24.0. The van der Waals surface area contributed by atoms with Gasteiger partial charge in [-0.05, 0) is 51.5 Å². The summed E-state index contributed by atoms with van der Waals surface area (Å²) in [6.45, 7) is 15.4. The van der Waals surface area contributed by atoms with Gasteiger partial charge in [0.15, 0.2) is 0 Å². The predicted octanol–water partition coefficient (Wildman–Crippen LogP) is 3.56. The number of ether oxygens (including phenoxy) is 1. The molecule has 33 heavy (non-hydrogen) atoms. The standard InChI is InChI=1S/C26H45N5O2/c1-19-18-31(24-17-23(12-16-33-6)28-25(29-24)26(3,4)5)15-14-30(19)13-11-21-7-9-22(10-8-21)27-20(2)32/h17,19,21-22H,7-16,18H2,1-6H3,(H,27,32)/t19-,21?,22?/m0/s1. The van der Waals surface area contributed by atoms with Crippen LogP contribution >= 0.6 is 0 Å². The molecule has 0 bridgehead atoms. The van der Waals surface area contributed by atoms with Crippen molar-refractivity contribution in [1.82, 2.24) is 20.2 Å². The monoisotopic (exact) mass is 459 g/mol. The van der Waals surface area contributed by atoms with E-state index >= 15 is 0 Å². The maximum absolute atomic E-state index is 11.3. The van der Waals surface area contributed by atoms with Gasteiger partial charge < -0.3 is 15.0 Å². The molecular formula is C26H45N5O2. The number of nitrogens with zero attached hydrogens (tertiary/aromatic N) is 4. The van der Waals surface area contributed by atoms with E-state index < -0.39 is 0 Å². The summed E-state index contributed by atoms with van der Waals surface area (Å²) >= 11 is 0. The lowest BCUT2D eigenvalue weighted by molar-refractivity contribution is -0.119. The molecule has 1 aromatic heterocycles. The Hall–Kier alpha value is -1.73. The third kappa shape index (κ3) is 7.64. The van der Waals surface area contributed by atoms with Gasteiger partial charge in [-0.25, -0.2) is 9.97 Å². The molecule has 1 N–H and O–H groups in total. The zero-order valence-electron chi connectivity index (χ0n) is 21.7. The molecule has 186 valence electrons. The van der Waals surface area contributed by atoms with E-state index in [9.17, 15) is 4.79 Å². The highest BCUT2D eigenvalue weighted by molar-refractivity contribution is 5.73. The summed E-state index contributed by atoms with van der Waals surface area (Å²) in [6.07, 6.45) is 6.81. The topological polar surface area (TPSA) is 70.6 Å². The van der Waals surface area contributed by atoms with E-state index in [-0.39, 0.29) is 11.3 Å². The average molecular weight is 460 g/mol. The highest BCUT2D eigenvalue weighted by atomic mass is 16.5. The molecule has 0 spiro atoms. The third-order valence-electron chi connectivity index (χ3n) is 7.17. The summed E-state index contributed by atoms with van der Waals surface area (Å²) < 4.78 is 5.29. The van der Waals surface area contributed by atoms with E-state index in [0.29, 0.717) is 18.7 Å². The van der Waals surface area contributed by atoms with Crippen LogP contribution in [0.3, 0.4) is 0 Å². The second-order valence-electron chi connectivity index (χ2n) is 11.1. The molecule has 0 aromatic carbocycles. The second-order valence-corrected chi connectivity index (χ2v) is 11.1. The number of rotatable bonds is 8. The lowest BCUT2D eigenvalue weighted by Crippen LogP contribution is -2.52. The van der Waals surface area contributed by atoms with E-state index in [2.05, 4.69) is 48.9 Å². The van der Waals surface area contributed by atoms with Crippen LogP contribution in [-0.4, -0.2) is 72.8 Å². The Morgan fingerprint density at radius 1 is 1.18 bits per heavy atom. The summed E-state index contributed by atoms with van der Waals surface area (Å²) in [6, 6.07) is 3.05. The lowest BCUT2D eigenvalue weighted by Gasteiger charge is -2.41. The molecule has 1 amide bonds. The summed E-state index contributed by atoms with van der Waals surface area (Å²) in [5.41, 5.74) is 0.987. The van der Waals surface area contributed by atoms with Gasteiger partial charge in [0, 0.05) is 69.3 Å². The first-order valence-electron chi connectivity index (χ1n) is 12.8. The molecule has 0 radical (unpaired) electrons. The third-order valence-corrected chi connectivity index (χ3v) is 7.17. The molecule has 1 aliphatic heterocycles. The maximum Gasteiger partial charge on any atom is 0.217 e. The zero-order valence-corrected chi connectivity index (χ0v) is 21.7. The van der Waals surface area contributed by atoms with E-state index in [0.717, 1.165) is 62.2 Å². The average Bonchev–Trinajstić information content (AvgIpc) is 2.76. The Morgan fingerprint density at radius 3 is 2.52 bits per heavy atom. The van der Waals surface area contributed by atoms with Gasteiger partial charge in [-0.1, -0.05) is 20.8 Å². The molecule has 2 aliphatic rings. The minimum absolute atomic E-state index is 0.0792. The predicted molar refractivity (Wildman–Crippen MR) is 134 cm³/mol. The Morgan fingerprint density at radius 2 is 1.91 bits per heavy atom. The normalized spacial score (nSPS) is 24.7. The van der Waals surface area contributed by atoms with Gasteiger partial charge in [0.2, 0.25) is 5.91 Å². The Bertz CT molecular complexity index is 770. The van der Waals surface area contributed by atoms with Crippen LogP contribution in [0.5, 0.6) is 0 Å². The molecule has 2 heterocycles. The maximum atomic E-state index is 11.3. The first-order valence-corrected chi connectivity index (χ1v) is 12.8. The quantitative estimate of drug-likeness (QED) is 0.641. The fraction of sp³-hybridized carbons (Fsp3) is 0.808. The highest BCUT2D eigenvalue weighted by Gasteiger charge is 2.28. The largest absolute Gasteiger partial charge is 0.384 e. The van der Waals surface area contributed by atoms with Crippen molar-refractivity contribution in [1.29, 1.82) is 0 Å². The number of anilines is 1. The summed E-state index contributed by atoms with van der Waals surface area (Å²) in [7, 11) is 1.74. The van der Waals surface area contributed by atoms with Gasteiger partial charge in [0.25, 0.3) is 0 Å². The summed E-state index contributed by atoms with van der Waals surface area (Å²) in [5, 5.41) is 3.09. The van der Waals surface area contributed by atoms with Crippen molar-refractivity contribution in [3.05, 3.63) is 17.6 Å². The van der Waals surface area contributed by atoms with Gasteiger partial charge in [-0.2, -0.15) is 0 Å². The Kier molecular flexibility index (Phi) is 9.10. The van der Waals surface area contributed by atoms with Crippen molar-refractivity contribution in [2.45, 2.75) is 90.6 Å². The number of hydrogen-bond donors (Lipinski definition) is 1.